The average molecular weight is 162 g/mol. The maximum Gasteiger partial charge on any atom is 0.207 e. The lowest BCUT2D eigenvalue weighted by molar-refractivity contribution is 0.752. The highest BCUT2D eigenvalue weighted by molar-refractivity contribution is 5.43. The molecule has 0 radical (unpaired) electrons. The van der Waals surface area contributed by atoms with Crippen molar-refractivity contribution in [1.82, 2.24) is 41.0 Å². The molecular formula is C4H2N8. The van der Waals surface area contributed by atoms with Gasteiger partial charge in [-0.05, 0) is 15.6 Å². The molecule has 2 rings (SSSR count). The van der Waals surface area contributed by atoms with Crippen LogP contribution >= 0.6 is 0 Å². The van der Waals surface area contributed by atoms with E-state index in [4.69, 9.17) is 0 Å². The van der Waals surface area contributed by atoms with Crippen LogP contribution in [0.4, 0.5) is 0 Å². The van der Waals surface area contributed by atoms with Gasteiger partial charge in [0.05, 0.1) is 6.20 Å². The van der Waals surface area contributed by atoms with E-state index in [1.54, 1.807) is 0 Å². The molecule has 2 aromatic rings. The maximum atomic E-state index is 3.79. The Morgan fingerprint density at radius 2 is 1.92 bits per heavy atom. The molecule has 2 heterocycles. The summed E-state index contributed by atoms with van der Waals surface area (Å²) in [5.41, 5.74) is 0.417. The predicted octanol–water partition coefficient (Wildman–Crippen LogP) is -1.49. The van der Waals surface area contributed by atoms with Gasteiger partial charge in [0.15, 0.2) is 5.69 Å². The summed E-state index contributed by atoms with van der Waals surface area (Å²) < 4.78 is 0. The molecule has 0 saturated carbocycles. The molecule has 8 nitrogen and oxygen atoms in total. The Labute approximate surface area is 66.1 Å². The van der Waals surface area contributed by atoms with Crippen LogP contribution in [0.2, 0.25) is 0 Å². The van der Waals surface area contributed by atoms with Gasteiger partial charge in [-0.1, -0.05) is 0 Å². The predicted molar refractivity (Wildman–Crippen MR) is 34.2 cm³/mol. The lowest BCUT2D eigenvalue weighted by Crippen LogP contribution is -1.98. The quantitative estimate of drug-likeness (QED) is 0.499. The summed E-state index contributed by atoms with van der Waals surface area (Å²) in [6.07, 6.45) is 2.66. The van der Waals surface area contributed by atoms with Crippen LogP contribution in [0.3, 0.4) is 0 Å². The van der Waals surface area contributed by atoms with E-state index in [0.29, 0.717) is 11.5 Å². The molecule has 0 bridgehead atoms. The first-order valence-corrected chi connectivity index (χ1v) is 2.98. The zero-order valence-corrected chi connectivity index (χ0v) is 5.73. The van der Waals surface area contributed by atoms with Crippen LogP contribution in [0.15, 0.2) is 12.5 Å². The molecule has 0 spiro atoms. The van der Waals surface area contributed by atoms with Crippen molar-refractivity contribution in [2.75, 3.05) is 0 Å². The first-order chi connectivity index (χ1) is 5.97. The Morgan fingerprint density at radius 1 is 0.917 bits per heavy atom. The highest BCUT2D eigenvalue weighted by atomic mass is 15.4. The van der Waals surface area contributed by atoms with Gasteiger partial charge in [-0.2, -0.15) is 0 Å². The summed E-state index contributed by atoms with van der Waals surface area (Å²) in [4.78, 5) is 3.79. The van der Waals surface area contributed by atoms with Crippen molar-refractivity contribution in [3.63, 3.8) is 0 Å². The molecule has 8 heteroatoms. The molecule has 0 saturated heterocycles. The van der Waals surface area contributed by atoms with E-state index in [2.05, 4.69) is 41.0 Å². The van der Waals surface area contributed by atoms with Crippen molar-refractivity contribution in [3.8, 4) is 11.5 Å². The third-order valence-corrected chi connectivity index (χ3v) is 1.08. The largest absolute Gasteiger partial charge is 0.211 e. The summed E-state index contributed by atoms with van der Waals surface area (Å²) in [6.45, 7) is 0. The minimum atomic E-state index is 0.326. The van der Waals surface area contributed by atoms with Gasteiger partial charge < -0.3 is 0 Å². The van der Waals surface area contributed by atoms with Crippen molar-refractivity contribution in [2.45, 2.75) is 0 Å². The fourth-order valence-electron chi connectivity index (χ4n) is 0.615. The molecule has 0 aliphatic carbocycles. The molecular weight excluding hydrogens is 160 g/mol. The first-order valence-electron chi connectivity index (χ1n) is 2.98. The van der Waals surface area contributed by atoms with Gasteiger partial charge in [0.2, 0.25) is 5.82 Å². The molecule has 0 fully saturated rings. The molecule has 0 aromatic carbocycles. The smallest absolute Gasteiger partial charge is 0.207 e. The van der Waals surface area contributed by atoms with E-state index in [9.17, 15) is 0 Å². The lowest BCUT2D eigenvalue weighted by atomic mass is 10.4. The third-order valence-electron chi connectivity index (χ3n) is 1.08. The normalized spacial score (nSPS) is 9.67. The molecule has 0 N–H and O–H groups in total. The van der Waals surface area contributed by atoms with Gasteiger partial charge in [0.1, 0.15) is 6.33 Å². The number of aromatic nitrogens is 8. The number of hydrogen-bond donors (Lipinski definition) is 0. The van der Waals surface area contributed by atoms with Crippen molar-refractivity contribution in [3.05, 3.63) is 12.5 Å². The van der Waals surface area contributed by atoms with Gasteiger partial charge in [-0.15, -0.1) is 20.4 Å². The van der Waals surface area contributed by atoms with Crippen LogP contribution in [0.1, 0.15) is 0 Å². The fourth-order valence-corrected chi connectivity index (χ4v) is 0.615. The fraction of sp³-hybridized carbons (Fsp3) is 0. The second kappa shape index (κ2) is 2.86. The Hall–Kier alpha value is -2.12. The number of rotatable bonds is 1. The lowest BCUT2D eigenvalue weighted by Gasteiger charge is -1.90. The summed E-state index contributed by atoms with van der Waals surface area (Å²) in [7, 11) is 0. The monoisotopic (exact) mass is 162 g/mol. The Bertz CT molecular complexity index is 308. The Balaban J connectivity index is 2.46. The van der Waals surface area contributed by atoms with Gasteiger partial charge >= 0.3 is 0 Å². The highest BCUT2D eigenvalue weighted by Gasteiger charge is 2.01. The molecule has 12 heavy (non-hydrogen) atoms. The number of hydrogen-bond acceptors (Lipinski definition) is 8. The van der Waals surface area contributed by atoms with Crippen LogP contribution in [0, 0.1) is 0 Å². The molecule has 0 atom stereocenters. The summed E-state index contributed by atoms with van der Waals surface area (Å²) in [5, 5.41) is 24.1. The van der Waals surface area contributed by atoms with Crippen LogP contribution in [0.5, 0.6) is 0 Å². The molecule has 0 unspecified atom stereocenters. The second-order valence-electron chi connectivity index (χ2n) is 1.78. The minimum Gasteiger partial charge on any atom is -0.211 e. The first kappa shape index (κ1) is 6.58. The van der Waals surface area contributed by atoms with E-state index < -0.39 is 0 Å². The maximum absolute atomic E-state index is 3.79. The van der Waals surface area contributed by atoms with Gasteiger partial charge in [-0.25, -0.2) is 4.98 Å². The molecule has 0 amide bonds. The second-order valence-corrected chi connectivity index (χ2v) is 1.78. The van der Waals surface area contributed by atoms with Gasteiger partial charge in [0.25, 0.3) is 0 Å². The Morgan fingerprint density at radius 3 is 2.58 bits per heavy atom. The number of nitrogens with zero attached hydrogens (tertiary/aromatic N) is 8. The van der Waals surface area contributed by atoms with Crippen LogP contribution < -0.4 is 0 Å². The molecule has 2 aromatic heterocycles. The van der Waals surface area contributed by atoms with Gasteiger partial charge in [0, 0.05) is 0 Å². The summed E-state index contributed by atoms with van der Waals surface area (Å²) in [6, 6.07) is 0. The third kappa shape index (κ3) is 1.17. The van der Waals surface area contributed by atoms with E-state index in [1.165, 1.54) is 12.5 Å². The summed E-state index contributed by atoms with van der Waals surface area (Å²) in [5.74, 6) is 0.326. The zero-order valence-electron chi connectivity index (χ0n) is 5.73. The standard InChI is InChI=1S/C4H2N8/c1-3(8-12-11-6-1)4-5-2-7-10-9-4/h1-2H. The average Bonchev–Trinajstić information content (AvgIpc) is 2.21. The SMILES string of the molecule is c1nnnc(-c2cnnnn2)n1. The minimum absolute atomic E-state index is 0.326. The van der Waals surface area contributed by atoms with E-state index in [0.717, 1.165) is 0 Å². The van der Waals surface area contributed by atoms with Crippen molar-refractivity contribution in [1.29, 1.82) is 0 Å². The molecule has 58 valence electrons. The zero-order chi connectivity index (χ0) is 8.23. The molecule has 0 aliphatic rings. The molecule has 0 aliphatic heterocycles. The van der Waals surface area contributed by atoms with Crippen molar-refractivity contribution < 1.29 is 0 Å². The summed E-state index contributed by atoms with van der Waals surface area (Å²) >= 11 is 0. The topological polar surface area (TPSA) is 103 Å². The van der Waals surface area contributed by atoms with E-state index in [-0.39, 0.29) is 0 Å². The van der Waals surface area contributed by atoms with Gasteiger partial charge in [-0.3, -0.25) is 0 Å². The van der Waals surface area contributed by atoms with E-state index in [1.807, 2.05) is 0 Å². The Kier molecular flexibility index (Phi) is 1.57. The highest BCUT2D eigenvalue weighted by Crippen LogP contribution is 2.02. The van der Waals surface area contributed by atoms with Crippen molar-refractivity contribution >= 4 is 0 Å². The van der Waals surface area contributed by atoms with Crippen LogP contribution in [-0.2, 0) is 0 Å². The van der Waals surface area contributed by atoms with Crippen LogP contribution in [0.25, 0.3) is 11.5 Å². The van der Waals surface area contributed by atoms with E-state index >= 15 is 0 Å². The van der Waals surface area contributed by atoms with Crippen LogP contribution in [-0.4, -0.2) is 41.0 Å². The van der Waals surface area contributed by atoms with Crippen molar-refractivity contribution in [2.24, 2.45) is 0 Å².